The van der Waals surface area contributed by atoms with Crippen molar-refractivity contribution in [3.63, 3.8) is 0 Å². The van der Waals surface area contributed by atoms with Crippen molar-refractivity contribution < 1.29 is 19.6 Å². The van der Waals surface area contributed by atoms with E-state index in [0.29, 0.717) is 22.4 Å². The zero-order valence-electron chi connectivity index (χ0n) is 14.5. The fourth-order valence-corrected chi connectivity index (χ4v) is 3.56. The lowest BCUT2D eigenvalue weighted by Crippen LogP contribution is -2.16. The number of benzene rings is 2. The van der Waals surface area contributed by atoms with Gasteiger partial charge in [-0.2, -0.15) is 5.10 Å². The summed E-state index contributed by atoms with van der Waals surface area (Å²) in [6.07, 6.45) is 1.36. The molecule has 144 valence electrons. The molecule has 8 nitrogen and oxygen atoms in total. The number of ether oxygens (including phenoxy) is 1. The Labute approximate surface area is 168 Å². The van der Waals surface area contributed by atoms with Crippen molar-refractivity contribution in [2.45, 2.75) is 6.92 Å². The lowest BCUT2D eigenvalue weighted by Gasteiger charge is -2.08. The summed E-state index contributed by atoms with van der Waals surface area (Å²) in [6, 6.07) is 9.00. The Balaban J connectivity index is 1.75. The molecule has 0 aliphatic rings. The molecule has 0 atom stereocenters. The van der Waals surface area contributed by atoms with Gasteiger partial charge in [0.15, 0.2) is 11.5 Å². The fraction of sp³-hybridized carbons (Fsp3) is 0.111. The predicted molar refractivity (Wildman–Crippen MR) is 108 cm³/mol. The Morgan fingerprint density at radius 1 is 1.39 bits per heavy atom. The van der Waals surface area contributed by atoms with Crippen LogP contribution in [-0.4, -0.2) is 28.8 Å². The van der Waals surface area contributed by atoms with Crippen molar-refractivity contribution in [2.75, 3.05) is 6.61 Å². The van der Waals surface area contributed by atoms with Crippen LogP contribution in [0.25, 0.3) is 10.1 Å². The first-order chi connectivity index (χ1) is 13.4. The third-order valence-corrected chi connectivity index (χ3v) is 5.07. The molecule has 0 bridgehead atoms. The standard InChI is InChI=1S/C18H14ClN3O5S/c1-2-27-14-6-10(5-13(19)17(14)23)9-20-21-18(24)16-8-11-7-12(22(25)26)3-4-15(11)28-16/h3-9,23H,2H2,1H3,(H,21,24)/b20-9-. The van der Waals surface area contributed by atoms with E-state index in [1.54, 1.807) is 25.1 Å². The summed E-state index contributed by atoms with van der Waals surface area (Å²) in [5.41, 5.74) is 2.88. The number of nitrogens with one attached hydrogen (secondary N) is 1. The number of nitrogens with zero attached hydrogens (tertiary/aromatic N) is 2. The average Bonchev–Trinajstić information content (AvgIpc) is 3.09. The number of phenols is 1. The molecule has 1 amide bonds. The molecule has 0 fully saturated rings. The van der Waals surface area contributed by atoms with Gasteiger partial charge in [-0.15, -0.1) is 11.3 Å². The third-order valence-electron chi connectivity index (χ3n) is 3.66. The van der Waals surface area contributed by atoms with Gasteiger partial charge in [-0.3, -0.25) is 14.9 Å². The molecule has 1 aromatic heterocycles. The van der Waals surface area contributed by atoms with Gasteiger partial charge in [0, 0.05) is 22.2 Å². The number of hydrazone groups is 1. The lowest BCUT2D eigenvalue weighted by atomic mass is 10.2. The number of carbonyl (C=O) groups is 1. The zero-order valence-corrected chi connectivity index (χ0v) is 16.1. The Kier molecular flexibility index (Phi) is 5.76. The molecule has 0 saturated heterocycles. The molecule has 0 unspecified atom stereocenters. The highest BCUT2D eigenvalue weighted by Crippen LogP contribution is 2.34. The predicted octanol–water partition coefficient (Wildman–Crippen LogP) is 4.33. The number of amides is 1. The number of rotatable bonds is 6. The molecule has 1 heterocycles. The van der Waals surface area contributed by atoms with E-state index in [0.717, 1.165) is 4.70 Å². The Bertz CT molecular complexity index is 1100. The van der Waals surface area contributed by atoms with E-state index >= 15 is 0 Å². The van der Waals surface area contributed by atoms with Crippen LogP contribution in [0, 0.1) is 10.1 Å². The number of carbonyl (C=O) groups excluding carboxylic acids is 1. The molecule has 0 aliphatic heterocycles. The number of aromatic hydroxyl groups is 1. The van der Waals surface area contributed by atoms with Crippen molar-refractivity contribution in [3.05, 3.63) is 62.0 Å². The van der Waals surface area contributed by atoms with Crippen molar-refractivity contribution in [1.82, 2.24) is 5.43 Å². The van der Waals surface area contributed by atoms with Crippen LogP contribution < -0.4 is 10.2 Å². The quantitative estimate of drug-likeness (QED) is 0.350. The second-order valence-electron chi connectivity index (χ2n) is 5.57. The maximum absolute atomic E-state index is 12.3. The SMILES string of the molecule is CCOc1cc(/C=N\NC(=O)c2cc3cc([N+](=O)[O-])ccc3s2)cc(Cl)c1O. The summed E-state index contributed by atoms with van der Waals surface area (Å²) in [6.45, 7) is 2.12. The highest BCUT2D eigenvalue weighted by atomic mass is 35.5. The van der Waals surface area contributed by atoms with Crippen LogP contribution >= 0.6 is 22.9 Å². The van der Waals surface area contributed by atoms with E-state index in [-0.39, 0.29) is 22.2 Å². The van der Waals surface area contributed by atoms with E-state index in [1.807, 2.05) is 0 Å². The molecular formula is C18H14ClN3O5S. The van der Waals surface area contributed by atoms with Crippen molar-refractivity contribution in [3.8, 4) is 11.5 Å². The minimum Gasteiger partial charge on any atom is -0.503 e. The number of phenolic OH excluding ortho intramolecular Hbond substituents is 1. The molecule has 0 saturated carbocycles. The van der Waals surface area contributed by atoms with E-state index in [2.05, 4.69) is 10.5 Å². The number of nitro groups is 1. The van der Waals surface area contributed by atoms with Crippen LogP contribution in [0.4, 0.5) is 5.69 Å². The number of nitro benzene ring substituents is 1. The van der Waals surface area contributed by atoms with E-state index < -0.39 is 10.8 Å². The molecule has 2 aromatic carbocycles. The number of non-ortho nitro benzene ring substituents is 1. The number of fused-ring (bicyclic) bond motifs is 1. The lowest BCUT2D eigenvalue weighted by molar-refractivity contribution is -0.384. The molecule has 0 aliphatic carbocycles. The Morgan fingerprint density at radius 2 is 2.18 bits per heavy atom. The molecule has 3 aromatic rings. The smallest absolute Gasteiger partial charge is 0.281 e. The molecule has 0 radical (unpaired) electrons. The maximum Gasteiger partial charge on any atom is 0.281 e. The summed E-state index contributed by atoms with van der Waals surface area (Å²) < 4.78 is 6.04. The van der Waals surface area contributed by atoms with Gasteiger partial charge in [0.05, 0.1) is 27.6 Å². The Morgan fingerprint density at radius 3 is 2.89 bits per heavy atom. The van der Waals surface area contributed by atoms with Crippen LogP contribution in [-0.2, 0) is 0 Å². The first-order valence-corrected chi connectivity index (χ1v) is 9.25. The molecule has 28 heavy (non-hydrogen) atoms. The monoisotopic (exact) mass is 419 g/mol. The van der Waals surface area contributed by atoms with Gasteiger partial charge >= 0.3 is 0 Å². The normalized spacial score (nSPS) is 11.1. The van der Waals surface area contributed by atoms with Crippen LogP contribution in [0.1, 0.15) is 22.2 Å². The largest absolute Gasteiger partial charge is 0.503 e. The fourth-order valence-electron chi connectivity index (χ4n) is 2.41. The van der Waals surface area contributed by atoms with Crippen molar-refractivity contribution in [1.29, 1.82) is 0 Å². The van der Waals surface area contributed by atoms with Crippen LogP contribution in [0.3, 0.4) is 0 Å². The zero-order chi connectivity index (χ0) is 20.3. The molecular weight excluding hydrogens is 406 g/mol. The van der Waals surface area contributed by atoms with Gasteiger partial charge in [-0.25, -0.2) is 5.43 Å². The van der Waals surface area contributed by atoms with Gasteiger partial charge in [0.1, 0.15) is 0 Å². The van der Waals surface area contributed by atoms with Crippen molar-refractivity contribution >= 4 is 50.8 Å². The van der Waals surface area contributed by atoms with Crippen LogP contribution in [0.5, 0.6) is 11.5 Å². The van der Waals surface area contributed by atoms with Crippen LogP contribution in [0.2, 0.25) is 5.02 Å². The number of hydrogen-bond donors (Lipinski definition) is 2. The van der Waals surface area contributed by atoms with E-state index in [1.165, 1.54) is 35.8 Å². The summed E-state index contributed by atoms with van der Waals surface area (Å²) in [7, 11) is 0. The first kappa shape index (κ1) is 19.6. The van der Waals surface area contributed by atoms with Gasteiger partial charge in [0.25, 0.3) is 11.6 Å². The van der Waals surface area contributed by atoms with E-state index in [4.69, 9.17) is 16.3 Å². The van der Waals surface area contributed by atoms with E-state index in [9.17, 15) is 20.0 Å². The summed E-state index contributed by atoms with van der Waals surface area (Å²) in [5, 5.41) is 25.3. The maximum atomic E-state index is 12.3. The molecule has 3 rings (SSSR count). The first-order valence-electron chi connectivity index (χ1n) is 8.05. The third kappa shape index (κ3) is 4.21. The number of halogens is 1. The second kappa shape index (κ2) is 8.24. The van der Waals surface area contributed by atoms with Crippen LogP contribution in [0.15, 0.2) is 41.5 Å². The average molecular weight is 420 g/mol. The highest BCUT2D eigenvalue weighted by molar-refractivity contribution is 7.20. The van der Waals surface area contributed by atoms with Crippen molar-refractivity contribution in [2.24, 2.45) is 5.10 Å². The minimum atomic E-state index is -0.486. The van der Waals surface area contributed by atoms with Gasteiger partial charge in [-0.1, -0.05) is 11.6 Å². The summed E-state index contributed by atoms with van der Waals surface area (Å²) >= 11 is 7.15. The second-order valence-corrected chi connectivity index (χ2v) is 7.06. The number of hydrogen-bond acceptors (Lipinski definition) is 7. The summed E-state index contributed by atoms with van der Waals surface area (Å²) in [4.78, 5) is 23.0. The Hall–Kier alpha value is -3.17. The molecule has 2 N–H and O–H groups in total. The highest BCUT2D eigenvalue weighted by Gasteiger charge is 2.13. The van der Waals surface area contributed by atoms with Gasteiger partial charge < -0.3 is 9.84 Å². The van der Waals surface area contributed by atoms with Gasteiger partial charge in [-0.05, 0) is 36.8 Å². The topological polar surface area (TPSA) is 114 Å². The molecule has 10 heteroatoms. The van der Waals surface area contributed by atoms with Gasteiger partial charge in [0.2, 0.25) is 0 Å². The summed E-state index contributed by atoms with van der Waals surface area (Å²) in [5.74, 6) is -0.395. The number of thiophene rings is 1. The minimum absolute atomic E-state index is 0.0374. The molecule has 0 spiro atoms.